The van der Waals surface area contributed by atoms with Crippen LogP contribution < -0.4 is 15.5 Å². The zero-order valence-electron chi connectivity index (χ0n) is 18.6. The highest BCUT2D eigenvalue weighted by molar-refractivity contribution is 5.90. The fourth-order valence-corrected chi connectivity index (χ4v) is 4.99. The lowest BCUT2D eigenvalue weighted by Gasteiger charge is -2.30. The standard InChI is InChI=1S/C26H33N5/c1-31(2)25-22-10-6-7-11-24(22)29-26(30-25)28-21-14-12-20(13-15-21)27-17-19-16-23(19)18-8-4-3-5-9-18/h3-11,19-21,23,27H,12-17H2,1-2H3,(H,28,29,30)/t19?,20-,21+,23-/m0/s1. The second-order valence-electron chi connectivity index (χ2n) is 9.40. The molecule has 1 aromatic heterocycles. The molecule has 1 unspecified atom stereocenters. The van der Waals surface area contributed by atoms with Gasteiger partial charge in [0.15, 0.2) is 0 Å². The number of hydrogen-bond acceptors (Lipinski definition) is 5. The molecule has 2 fully saturated rings. The van der Waals surface area contributed by atoms with Crippen molar-refractivity contribution in [1.29, 1.82) is 0 Å². The van der Waals surface area contributed by atoms with Crippen LogP contribution in [0.3, 0.4) is 0 Å². The average molecular weight is 416 g/mol. The Bertz CT molecular complexity index is 1010. The van der Waals surface area contributed by atoms with Crippen molar-refractivity contribution in [2.24, 2.45) is 5.92 Å². The summed E-state index contributed by atoms with van der Waals surface area (Å²) in [6.45, 7) is 1.16. The van der Waals surface area contributed by atoms with Gasteiger partial charge < -0.3 is 15.5 Å². The van der Waals surface area contributed by atoms with Crippen LogP contribution in [0.4, 0.5) is 11.8 Å². The van der Waals surface area contributed by atoms with Gasteiger partial charge in [-0.05, 0) is 68.2 Å². The number of rotatable bonds is 7. The Morgan fingerprint density at radius 3 is 2.35 bits per heavy atom. The predicted molar refractivity (Wildman–Crippen MR) is 129 cm³/mol. The van der Waals surface area contributed by atoms with E-state index in [1.54, 1.807) is 0 Å². The summed E-state index contributed by atoms with van der Waals surface area (Å²) < 4.78 is 0. The Labute approximate surface area is 185 Å². The molecule has 5 rings (SSSR count). The van der Waals surface area contributed by atoms with E-state index in [9.17, 15) is 0 Å². The summed E-state index contributed by atoms with van der Waals surface area (Å²) >= 11 is 0. The van der Waals surface area contributed by atoms with Gasteiger partial charge >= 0.3 is 0 Å². The molecule has 3 aromatic rings. The Hall–Kier alpha value is -2.66. The molecule has 5 nitrogen and oxygen atoms in total. The molecule has 1 heterocycles. The lowest BCUT2D eigenvalue weighted by molar-refractivity contribution is 0.349. The molecule has 0 radical (unpaired) electrons. The number of anilines is 2. The normalized spacial score (nSPS) is 25.4. The largest absolute Gasteiger partial charge is 0.362 e. The molecule has 2 aliphatic rings. The molecule has 0 amide bonds. The van der Waals surface area contributed by atoms with Crippen LogP contribution in [0.2, 0.25) is 0 Å². The average Bonchev–Trinajstić information content (AvgIpc) is 3.58. The molecule has 2 saturated carbocycles. The van der Waals surface area contributed by atoms with E-state index in [1.165, 1.54) is 24.8 Å². The summed E-state index contributed by atoms with van der Waals surface area (Å²) in [4.78, 5) is 11.6. The first kappa shape index (κ1) is 20.3. The third kappa shape index (κ3) is 4.67. The molecule has 0 aliphatic heterocycles. The van der Waals surface area contributed by atoms with Crippen molar-refractivity contribution in [3.8, 4) is 0 Å². The number of hydrogen-bond donors (Lipinski definition) is 2. The maximum Gasteiger partial charge on any atom is 0.225 e. The maximum atomic E-state index is 4.81. The van der Waals surface area contributed by atoms with Gasteiger partial charge in [0.1, 0.15) is 5.82 Å². The van der Waals surface area contributed by atoms with Crippen molar-refractivity contribution in [2.75, 3.05) is 30.9 Å². The van der Waals surface area contributed by atoms with E-state index >= 15 is 0 Å². The van der Waals surface area contributed by atoms with E-state index in [0.717, 1.165) is 53.9 Å². The lowest BCUT2D eigenvalue weighted by atomic mass is 9.91. The van der Waals surface area contributed by atoms with Crippen LogP contribution in [0.25, 0.3) is 10.9 Å². The van der Waals surface area contributed by atoms with Crippen LogP contribution >= 0.6 is 0 Å². The zero-order valence-corrected chi connectivity index (χ0v) is 18.6. The van der Waals surface area contributed by atoms with E-state index in [0.29, 0.717) is 12.1 Å². The van der Waals surface area contributed by atoms with Gasteiger partial charge in [-0.2, -0.15) is 4.98 Å². The molecule has 2 N–H and O–H groups in total. The van der Waals surface area contributed by atoms with Crippen molar-refractivity contribution in [1.82, 2.24) is 15.3 Å². The van der Waals surface area contributed by atoms with Crippen LogP contribution in [-0.2, 0) is 0 Å². The number of benzene rings is 2. The van der Waals surface area contributed by atoms with Crippen LogP contribution in [0.5, 0.6) is 0 Å². The van der Waals surface area contributed by atoms with E-state index in [2.05, 4.69) is 58.0 Å². The molecule has 5 heteroatoms. The van der Waals surface area contributed by atoms with Gasteiger partial charge in [-0.3, -0.25) is 0 Å². The lowest BCUT2D eigenvalue weighted by Crippen LogP contribution is -2.38. The summed E-state index contributed by atoms with van der Waals surface area (Å²) in [7, 11) is 4.08. The minimum absolute atomic E-state index is 0.451. The molecule has 0 saturated heterocycles. The first-order chi connectivity index (χ1) is 15.2. The minimum Gasteiger partial charge on any atom is -0.362 e. The zero-order chi connectivity index (χ0) is 21.2. The van der Waals surface area contributed by atoms with Gasteiger partial charge in [-0.1, -0.05) is 42.5 Å². The Kier molecular flexibility index (Phi) is 5.77. The van der Waals surface area contributed by atoms with Crippen LogP contribution in [0.1, 0.15) is 43.6 Å². The van der Waals surface area contributed by atoms with Crippen LogP contribution in [-0.4, -0.2) is 42.7 Å². The number of nitrogens with zero attached hydrogens (tertiary/aromatic N) is 3. The fraction of sp³-hybridized carbons (Fsp3) is 0.462. The highest BCUT2D eigenvalue weighted by Crippen LogP contribution is 2.47. The quantitative estimate of drug-likeness (QED) is 0.580. The van der Waals surface area contributed by atoms with E-state index in [-0.39, 0.29) is 0 Å². The van der Waals surface area contributed by atoms with Crippen molar-refractivity contribution in [3.63, 3.8) is 0 Å². The molecule has 2 atom stereocenters. The van der Waals surface area contributed by atoms with Gasteiger partial charge in [0.05, 0.1) is 5.52 Å². The van der Waals surface area contributed by atoms with Crippen LogP contribution in [0, 0.1) is 5.92 Å². The highest BCUT2D eigenvalue weighted by Gasteiger charge is 2.38. The molecular weight excluding hydrogens is 382 g/mol. The van der Waals surface area contributed by atoms with Gasteiger partial charge in [0, 0.05) is 31.6 Å². The van der Waals surface area contributed by atoms with Crippen molar-refractivity contribution >= 4 is 22.7 Å². The molecule has 2 aromatic carbocycles. The van der Waals surface area contributed by atoms with Crippen molar-refractivity contribution in [3.05, 3.63) is 60.2 Å². The second-order valence-corrected chi connectivity index (χ2v) is 9.40. The third-order valence-corrected chi connectivity index (χ3v) is 6.89. The van der Waals surface area contributed by atoms with Crippen LogP contribution in [0.15, 0.2) is 54.6 Å². The van der Waals surface area contributed by atoms with Gasteiger partial charge in [-0.15, -0.1) is 0 Å². The topological polar surface area (TPSA) is 53.1 Å². The summed E-state index contributed by atoms with van der Waals surface area (Å²) in [5.41, 5.74) is 2.51. The fourth-order valence-electron chi connectivity index (χ4n) is 4.99. The Balaban J connectivity index is 1.12. The molecule has 31 heavy (non-hydrogen) atoms. The SMILES string of the molecule is CN(C)c1nc(N[C@H]2CC[C@@H](NCC3C[C@H]3c3ccccc3)CC2)nc2ccccc12. The third-order valence-electron chi connectivity index (χ3n) is 6.89. The first-order valence-electron chi connectivity index (χ1n) is 11.7. The number of fused-ring (bicyclic) bond motifs is 1. The summed E-state index contributed by atoms with van der Waals surface area (Å²) in [6.07, 6.45) is 6.10. The van der Waals surface area contributed by atoms with E-state index < -0.39 is 0 Å². The summed E-state index contributed by atoms with van der Waals surface area (Å²) in [6, 6.07) is 20.3. The second kappa shape index (κ2) is 8.83. The maximum absolute atomic E-state index is 4.81. The predicted octanol–water partition coefficient (Wildman–Crippen LogP) is 4.81. The van der Waals surface area contributed by atoms with Gasteiger partial charge in [0.25, 0.3) is 0 Å². The molecule has 162 valence electrons. The Morgan fingerprint density at radius 1 is 0.871 bits per heavy atom. The number of nitrogens with one attached hydrogen (secondary N) is 2. The van der Waals surface area contributed by atoms with Gasteiger partial charge in [-0.25, -0.2) is 4.98 Å². The monoisotopic (exact) mass is 415 g/mol. The Morgan fingerprint density at radius 2 is 1.58 bits per heavy atom. The highest BCUT2D eigenvalue weighted by atomic mass is 15.2. The summed E-state index contributed by atoms with van der Waals surface area (Å²) in [5.74, 6) is 3.31. The number of para-hydroxylation sites is 1. The number of aromatic nitrogens is 2. The minimum atomic E-state index is 0.451. The molecule has 2 aliphatic carbocycles. The van der Waals surface area contributed by atoms with Crippen molar-refractivity contribution < 1.29 is 0 Å². The first-order valence-corrected chi connectivity index (χ1v) is 11.7. The molecular formula is C26H33N5. The summed E-state index contributed by atoms with van der Waals surface area (Å²) in [5, 5.41) is 8.57. The van der Waals surface area contributed by atoms with E-state index in [4.69, 9.17) is 9.97 Å². The van der Waals surface area contributed by atoms with Crippen molar-refractivity contribution in [2.45, 2.75) is 50.1 Å². The van der Waals surface area contributed by atoms with Gasteiger partial charge in [0.2, 0.25) is 5.95 Å². The van der Waals surface area contributed by atoms with E-state index in [1.807, 2.05) is 26.2 Å². The molecule has 0 bridgehead atoms. The molecule has 0 spiro atoms. The smallest absolute Gasteiger partial charge is 0.225 e.